The van der Waals surface area contributed by atoms with Crippen molar-refractivity contribution in [3.05, 3.63) is 29.8 Å². The molecule has 122 valence electrons. The highest BCUT2D eigenvalue weighted by atomic mass is 35.5. The topological polar surface area (TPSA) is 75.4 Å². The van der Waals surface area contributed by atoms with Crippen LogP contribution >= 0.6 is 12.4 Å². The third kappa shape index (κ3) is 5.00. The Morgan fingerprint density at radius 3 is 2.77 bits per heavy atom. The van der Waals surface area contributed by atoms with E-state index in [4.69, 9.17) is 5.73 Å². The van der Waals surface area contributed by atoms with Crippen molar-refractivity contribution in [2.75, 3.05) is 24.5 Å². The Hall–Kier alpha value is -1.59. The highest BCUT2D eigenvalue weighted by Gasteiger charge is 2.27. The SMILES string of the molecule is Cc1cccc(N(CCC(N)=O)C(=O)C2CCCNC2)c1.Cl. The van der Waals surface area contributed by atoms with Crippen LogP contribution in [0.3, 0.4) is 0 Å². The van der Waals surface area contributed by atoms with Crippen molar-refractivity contribution in [1.29, 1.82) is 0 Å². The summed E-state index contributed by atoms with van der Waals surface area (Å²) in [5.41, 5.74) is 7.17. The Kier molecular flexibility index (Phi) is 7.35. The number of hydrogen-bond acceptors (Lipinski definition) is 3. The highest BCUT2D eigenvalue weighted by Crippen LogP contribution is 2.21. The van der Waals surface area contributed by atoms with Gasteiger partial charge < -0.3 is 16.0 Å². The first-order valence-corrected chi connectivity index (χ1v) is 7.45. The number of carbonyl (C=O) groups excluding carboxylic acids is 2. The van der Waals surface area contributed by atoms with Crippen LogP contribution in [0.4, 0.5) is 5.69 Å². The van der Waals surface area contributed by atoms with Crippen molar-refractivity contribution in [3.63, 3.8) is 0 Å². The molecule has 6 heteroatoms. The molecule has 1 aliphatic heterocycles. The van der Waals surface area contributed by atoms with Crippen molar-refractivity contribution in [1.82, 2.24) is 5.32 Å². The lowest BCUT2D eigenvalue weighted by Crippen LogP contribution is -2.44. The van der Waals surface area contributed by atoms with Gasteiger partial charge in [0.05, 0.1) is 5.92 Å². The summed E-state index contributed by atoms with van der Waals surface area (Å²) >= 11 is 0. The Morgan fingerprint density at radius 2 is 2.18 bits per heavy atom. The molecule has 0 bridgehead atoms. The molecule has 1 atom stereocenters. The van der Waals surface area contributed by atoms with E-state index >= 15 is 0 Å². The maximum absolute atomic E-state index is 12.8. The van der Waals surface area contributed by atoms with E-state index in [1.807, 2.05) is 31.2 Å². The predicted octanol–water partition coefficient (Wildman–Crippen LogP) is 1.62. The number of halogens is 1. The number of benzene rings is 1. The van der Waals surface area contributed by atoms with Crippen LogP contribution in [0.15, 0.2) is 24.3 Å². The molecule has 1 aromatic carbocycles. The minimum Gasteiger partial charge on any atom is -0.370 e. The van der Waals surface area contributed by atoms with Gasteiger partial charge in [0.1, 0.15) is 0 Å². The number of anilines is 1. The van der Waals surface area contributed by atoms with Gasteiger partial charge >= 0.3 is 0 Å². The molecule has 3 N–H and O–H groups in total. The molecular formula is C16H24ClN3O2. The quantitative estimate of drug-likeness (QED) is 0.864. The fraction of sp³-hybridized carbons (Fsp3) is 0.500. The first-order valence-electron chi connectivity index (χ1n) is 7.45. The molecule has 0 aromatic heterocycles. The molecule has 1 aromatic rings. The molecule has 0 saturated carbocycles. The molecule has 1 fully saturated rings. The number of nitrogens with two attached hydrogens (primary N) is 1. The summed E-state index contributed by atoms with van der Waals surface area (Å²) in [7, 11) is 0. The van der Waals surface area contributed by atoms with Gasteiger partial charge in [-0.15, -0.1) is 12.4 Å². The second kappa shape index (κ2) is 8.76. The fourth-order valence-electron chi connectivity index (χ4n) is 2.67. The van der Waals surface area contributed by atoms with Gasteiger partial charge in [-0.25, -0.2) is 0 Å². The standard InChI is InChI=1S/C16H23N3O2.ClH/c1-12-4-2-6-14(10-12)19(9-7-15(17)20)16(21)13-5-3-8-18-11-13;/h2,4,6,10,13,18H,3,5,7-9,11H2,1H3,(H2,17,20);1H. The number of primary amides is 1. The zero-order valence-corrected chi connectivity index (χ0v) is 13.7. The molecule has 1 heterocycles. The lowest BCUT2D eigenvalue weighted by Gasteiger charge is -2.29. The number of amides is 2. The summed E-state index contributed by atoms with van der Waals surface area (Å²) in [6.45, 7) is 4.00. The van der Waals surface area contributed by atoms with Gasteiger partial charge in [-0.05, 0) is 44.0 Å². The van der Waals surface area contributed by atoms with Gasteiger partial charge in [0, 0.05) is 25.2 Å². The third-order valence-electron chi connectivity index (χ3n) is 3.81. The number of piperidine rings is 1. The maximum Gasteiger partial charge on any atom is 0.231 e. The van der Waals surface area contributed by atoms with Crippen molar-refractivity contribution < 1.29 is 9.59 Å². The van der Waals surface area contributed by atoms with E-state index in [1.54, 1.807) is 4.90 Å². The summed E-state index contributed by atoms with van der Waals surface area (Å²) in [4.78, 5) is 25.5. The lowest BCUT2D eigenvalue weighted by atomic mass is 9.97. The minimum absolute atomic E-state index is 0. The van der Waals surface area contributed by atoms with E-state index in [0.29, 0.717) is 13.1 Å². The van der Waals surface area contributed by atoms with Crippen LogP contribution in [-0.2, 0) is 9.59 Å². The number of rotatable bonds is 5. The van der Waals surface area contributed by atoms with Gasteiger partial charge in [0.25, 0.3) is 0 Å². The van der Waals surface area contributed by atoms with E-state index in [2.05, 4.69) is 5.32 Å². The Balaban J connectivity index is 0.00000242. The molecule has 1 unspecified atom stereocenters. The normalized spacial score (nSPS) is 17.4. The van der Waals surface area contributed by atoms with Crippen molar-refractivity contribution in [3.8, 4) is 0 Å². The van der Waals surface area contributed by atoms with E-state index in [0.717, 1.165) is 30.6 Å². The lowest BCUT2D eigenvalue weighted by molar-refractivity contribution is -0.123. The van der Waals surface area contributed by atoms with Gasteiger partial charge in [0.2, 0.25) is 11.8 Å². The smallest absolute Gasteiger partial charge is 0.231 e. The zero-order valence-electron chi connectivity index (χ0n) is 12.9. The summed E-state index contributed by atoms with van der Waals surface area (Å²) in [6, 6.07) is 7.79. The monoisotopic (exact) mass is 325 g/mol. The van der Waals surface area contributed by atoms with E-state index in [1.165, 1.54) is 0 Å². The van der Waals surface area contributed by atoms with Crippen LogP contribution in [0.5, 0.6) is 0 Å². The molecule has 22 heavy (non-hydrogen) atoms. The van der Waals surface area contributed by atoms with Crippen LogP contribution in [0, 0.1) is 12.8 Å². The number of nitrogens with one attached hydrogen (secondary N) is 1. The molecule has 0 spiro atoms. The highest BCUT2D eigenvalue weighted by molar-refractivity contribution is 5.96. The van der Waals surface area contributed by atoms with E-state index in [9.17, 15) is 9.59 Å². The molecule has 2 amide bonds. The Bertz CT molecular complexity index is 516. The van der Waals surface area contributed by atoms with Crippen LogP contribution < -0.4 is 16.0 Å². The predicted molar refractivity (Wildman–Crippen MR) is 90.2 cm³/mol. The van der Waals surface area contributed by atoms with Crippen LogP contribution in [0.25, 0.3) is 0 Å². The summed E-state index contributed by atoms with van der Waals surface area (Å²) in [5.74, 6) is -0.330. The average molecular weight is 326 g/mol. The number of nitrogens with zero attached hydrogens (tertiary/aromatic N) is 1. The average Bonchev–Trinajstić information content (AvgIpc) is 2.48. The largest absolute Gasteiger partial charge is 0.370 e. The van der Waals surface area contributed by atoms with Crippen molar-refractivity contribution in [2.24, 2.45) is 11.7 Å². The molecule has 0 aliphatic carbocycles. The summed E-state index contributed by atoms with van der Waals surface area (Å²) in [6.07, 6.45) is 2.08. The van der Waals surface area contributed by atoms with Crippen LogP contribution in [0.2, 0.25) is 0 Å². The van der Waals surface area contributed by atoms with E-state index < -0.39 is 0 Å². The van der Waals surface area contributed by atoms with Crippen LogP contribution in [-0.4, -0.2) is 31.4 Å². The second-order valence-corrected chi connectivity index (χ2v) is 5.59. The number of hydrogen-bond donors (Lipinski definition) is 2. The Morgan fingerprint density at radius 1 is 1.41 bits per heavy atom. The minimum atomic E-state index is -0.387. The Labute approximate surface area is 137 Å². The summed E-state index contributed by atoms with van der Waals surface area (Å²) < 4.78 is 0. The van der Waals surface area contributed by atoms with E-state index in [-0.39, 0.29) is 36.6 Å². The van der Waals surface area contributed by atoms with Gasteiger partial charge in [-0.3, -0.25) is 9.59 Å². The number of aryl methyl sites for hydroxylation is 1. The maximum atomic E-state index is 12.8. The molecule has 1 aliphatic rings. The molecular weight excluding hydrogens is 302 g/mol. The van der Waals surface area contributed by atoms with Gasteiger partial charge in [-0.1, -0.05) is 12.1 Å². The van der Waals surface area contributed by atoms with Gasteiger partial charge in [-0.2, -0.15) is 0 Å². The summed E-state index contributed by atoms with van der Waals surface area (Å²) in [5, 5.41) is 3.26. The van der Waals surface area contributed by atoms with Crippen molar-refractivity contribution in [2.45, 2.75) is 26.2 Å². The molecule has 2 rings (SSSR count). The molecule has 0 radical (unpaired) electrons. The fourth-order valence-corrected chi connectivity index (χ4v) is 2.67. The third-order valence-corrected chi connectivity index (χ3v) is 3.81. The molecule has 5 nitrogen and oxygen atoms in total. The number of carbonyl (C=O) groups is 2. The van der Waals surface area contributed by atoms with Crippen molar-refractivity contribution >= 4 is 29.9 Å². The first-order chi connectivity index (χ1) is 10.1. The van der Waals surface area contributed by atoms with Crippen LogP contribution in [0.1, 0.15) is 24.8 Å². The van der Waals surface area contributed by atoms with Gasteiger partial charge in [0.15, 0.2) is 0 Å². The zero-order chi connectivity index (χ0) is 15.2. The first kappa shape index (κ1) is 18.5. The second-order valence-electron chi connectivity index (χ2n) is 5.59. The molecule has 1 saturated heterocycles.